The van der Waals surface area contributed by atoms with E-state index in [-0.39, 0.29) is 66.3 Å². The normalized spacial score (nSPS) is 18.4. The van der Waals surface area contributed by atoms with Crippen LogP contribution in [0.2, 0.25) is 10.0 Å². The minimum atomic E-state index is -6.70. The van der Waals surface area contributed by atoms with Crippen molar-refractivity contribution in [1.29, 1.82) is 5.26 Å². The van der Waals surface area contributed by atoms with E-state index < -0.39 is 94.8 Å². The third kappa shape index (κ3) is 8.55. The second kappa shape index (κ2) is 15.2. The Labute approximate surface area is 318 Å². The SMILES string of the molecule is N#CC1(N(COC(=O)O[C@H]2CC[C@H](C(=O)O)CC2)C(=O)c2cc(-c3cnn(-c4c(Cl)cc(C(F)(C(F)(F)F)C(F)(F)F)cc4OC(F)(F)F)c3)ccc2Cl)CC1. The van der Waals surface area contributed by atoms with E-state index in [0.717, 1.165) is 23.4 Å². The number of carbonyl (C=O) groups is 3. The second-order valence-corrected chi connectivity index (χ2v) is 13.5. The number of ether oxygens (including phenoxy) is 3. The van der Waals surface area contributed by atoms with Gasteiger partial charge in [0.2, 0.25) is 0 Å². The van der Waals surface area contributed by atoms with Gasteiger partial charge in [-0.05, 0) is 68.4 Å². The first-order chi connectivity index (χ1) is 25.9. The largest absolute Gasteiger partial charge is 0.573 e. The van der Waals surface area contributed by atoms with Crippen LogP contribution in [0.15, 0.2) is 42.7 Å². The van der Waals surface area contributed by atoms with Crippen LogP contribution in [-0.2, 0) is 19.9 Å². The van der Waals surface area contributed by atoms with Gasteiger partial charge in [0.1, 0.15) is 17.3 Å². The molecule has 0 atom stereocenters. The highest BCUT2D eigenvalue weighted by Crippen LogP contribution is 2.55. The minimum absolute atomic E-state index is 0.0472. The number of amides is 1. The number of carbonyl (C=O) groups excluding carboxylic acids is 2. The van der Waals surface area contributed by atoms with Gasteiger partial charge in [0.25, 0.3) is 5.91 Å². The molecule has 2 aliphatic carbocycles. The molecule has 1 amide bonds. The van der Waals surface area contributed by atoms with Crippen molar-refractivity contribution in [2.45, 2.75) is 74.6 Å². The number of nitriles is 1. The Hall–Kier alpha value is -4.97. The number of halogens is 12. The van der Waals surface area contributed by atoms with Crippen LogP contribution in [0.4, 0.5) is 48.7 Å². The average Bonchev–Trinajstić information content (AvgIpc) is 3.73. The highest BCUT2D eigenvalue weighted by atomic mass is 35.5. The molecular weight excluding hydrogens is 825 g/mol. The molecule has 23 heteroatoms. The van der Waals surface area contributed by atoms with Crippen molar-refractivity contribution in [3.63, 3.8) is 0 Å². The maximum atomic E-state index is 14.8. The number of aromatic nitrogens is 2. The van der Waals surface area contributed by atoms with Crippen molar-refractivity contribution in [1.82, 2.24) is 14.7 Å². The molecule has 1 aromatic heterocycles. The lowest BCUT2D eigenvalue weighted by Crippen LogP contribution is -2.50. The van der Waals surface area contributed by atoms with Crippen molar-refractivity contribution < 1.29 is 77.6 Å². The van der Waals surface area contributed by atoms with Gasteiger partial charge in [-0.15, -0.1) is 13.2 Å². The van der Waals surface area contributed by atoms with Crippen LogP contribution < -0.4 is 4.74 Å². The molecule has 2 aromatic carbocycles. The zero-order valence-electron chi connectivity index (χ0n) is 27.9. The smallest absolute Gasteiger partial charge is 0.481 e. The lowest BCUT2D eigenvalue weighted by molar-refractivity contribution is -0.348. The molecule has 0 bridgehead atoms. The van der Waals surface area contributed by atoms with E-state index >= 15 is 0 Å². The Morgan fingerprint density at radius 1 is 0.929 bits per heavy atom. The fourth-order valence-corrected chi connectivity index (χ4v) is 6.44. The zero-order valence-corrected chi connectivity index (χ0v) is 29.4. The average molecular weight is 849 g/mol. The monoisotopic (exact) mass is 848 g/mol. The summed E-state index contributed by atoms with van der Waals surface area (Å²) in [6, 6.07) is 4.97. The molecule has 2 fully saturated rings. The molecular formula is C33H24Cl2F10N4O7. The number of benzene rings is 2. The van der Waals surface area contributed by atoms with E-state index in [0.29, 0.717) is 4.68 Å². The number of carboxylic acid groups (broad SMARTS) is 1. The number of aliphatic carboxylic acids is 1. The summed E-state index contributed by atoms with van der Waals surface area (Å²) >= 11 is 12.2. The van der Waals surface area contributed by atoms with Gasteiger partial charge in [0.15, 0.2) is 12.5 Å². The Balaban J connectivity index is 1.43. The van der Waals surface area contributed by atoms with Gasteiger partial charge in [-0.3, -0.25) is 14.5 Å². The lowest BCUT2D eigenvalue weighted by atomic mass is 9.87. The third-order valence-corrected chi connectivity index (χ3v) is 9.68. The summed E-state index contributed by atoms with van der Waals surface area (Å²) in [6.07, 6.45) is -17.8. The molecule has 0 aliphatic heterocycles. The van der Waals surface area contributed by atoms with Gasteiger partial charge in [0.05, 0.1) is 33.8 Å². The molecule has 0 radical (unpaired) electrons. The molecule has 2 aliphatic rings. The van der Waals surface area contributed by atoms with Crippen molar-refractivity contribution in [3.05, 3.63) is 63.9 Å². The number of hydrogen-bond donors (Lipinski definition) is 1. The predicted octanol–water partition coefficient (Wildman–Crippen LogP) is 9.29. The van der Waals surface area contributed by atoms with Gasteiger partial charge >= 0.3 is 36.5 Å². The van der Waals surface area contributed by atoms with Crippen molar-refractivity contribution in [3.8, 4) is 28.6 Å². The number of carboxylic acids is 1. The highest BCUT2D eigenvalue weighted by Gasteiger charge is 2.73. The van der Waals surface area contributed by atoms with Crippen LogP contribution in [0, 0.1) is 17.2 Å². The summed E-state index contributed by atoms with van der Waals surface area (Å²) in [4.78, 5) is 38.5. The maximum absolute atomic E-state index is 14.8. The van der Waals surface area contributed by atoms with E-state index in [1.54, 1.807) is 0 Å². The molecule has 2 saturated carbocycles. The summed E-state index contributed by atoms with van der Waals surface area (Å²) in [6.45, 7) is -0.784. The van der Waals surface area contributed by atoms with Gasteiger partial charge in [-0.25, -0.2) is 13.9 Å². The van der Waals surface area contributed by atoms with Gasteiger partial charge in [-0.1, -0.05) is 29.3 Å². The predicted molar refractivity (Wildman–Crippen MR) is 170 cm³/mol. The van der Waals surface area contributed by atoms with Crippen LogP contribution in [-0.4, -0.2) is 74.9 Å². The van der Waals surface area contributed by atoms with Crippen LogP contribution in [0.3, 0.4) is 0 Å². The molecule has 56 heavy (non-hydrogen) atoms. The lowest BCUT2D eigenvalue weighted by Gasteiger charge is -2.31. The quantitative estimate of drug-likeness (QED) is 0.120. The molecule has 0 spiro atoms. The topological polar surface area (TPSA) is 144 Å². The molecule has 0 saturated heterocycles. The van der Waals surface area contributed by atoms with Crippen molar-refractivity contribution >= 4 is 41.2 Å². The Morgan fingerprint density at radius 2 is 1.55 bits per heavy atom. The van der Waals surface area contributed by atoms with E-state index in [9.17, 15) is 63.5 Å². The van der Waals surface area contributed by atoms with Gasteiger partial charge in [-0.2, -0.15) is 36.7 Å². The van der Waals surface area contributed by atoms with Crippen LogP contribution in [0.1, 0.15) is 54.4 Å². The van der Waals surface area contributed by atoms with Gasteiger partial charge in [0, 0.05) is 17.3 Å². The highest BCUT2D eigenvalue weighted by molar-refractivity contribution is 6.34. The molecule has 1 heterocycles. The number of hydrogen-bond acceptors (Lipinski definition) is 8. The molecule has 0 unspecified atom stereocenters. The summed E-state index contributed by atoms with van der Waals surface area (Å²) < 4.78 is 150. The maximum Gasteiger partial charge on any atom is 0.573 e. The Bertz CT molecular complexity index is 2040. The number of alkyl halides is 10. The Morgan fingerprint density at radius 3 is 2.09 bits per heavy atom. The van der Waals surface area contributed by atoms with Crippen LogP contribution in [0.5, 0.6) is 5.75 Å². The third-order valence-electron chi connectivity index (χ3n) is 9.07. The summed E-state index contributed by atoms with van der Waals surface area (Å²) in [7, 11) is 0. The zero-order chi connectivity index (χ0) is 41.6. The van der Waals surface area contributed by atoms with Crippen LogP contribution in [0.25, 0.3) is 16.8 Å². The van der Waals surface area contributed by atoms with E-state index in [2.05, 4.69) is 9.84 Å². The molecule has 3 aromatic rings. The number of rotatable bonds is 10. The summed E-state index contributed by atoms with van der Waals surface area (Å²) in [5.74, 6) is -4.28. The first kappa shape index (κ1) is 42.2. The summed E-state index contributed by atoms with van der Waals surface area (Å²) in [5, 5.41) is 21.3. The van der Waals surface area contributed by atoms with Gasteiger partial charge < -0.3 is 19.3 Å². The van der Waals surface area contributed by atoms with Crippen molar-refractivity contribution in [2.24, 2.45) is 5.92 Å². The number of nitrogens with zero attached hydrogens (tertiary/aromatic N) is 4. The minimum Gasteiger partial charge on any atom is -0.481 e. The van der Waals surface area contributed by atoms with Crippen LogP contribution >= 0.6 is 23.2 Å². The Kier molecular flexibility index (Phi) is 11.4. The second-order valence-electron chi connectivity index (χ2n) is 12.7. The molecule has 302 valence electrons. The van der Waals surface area contributed by atoms with E-state index in [1.807, 2.05) is 6.07 Å². The standard InChI is InChI=1S/C33H24Cl2F10N4O7/c34-22-6-3-17(9-21(22)26(50)48(29(14-46)7-8-29)15-54-28(53)55-20-4-1-16(2-5-20)27(51)52)18-12-47-49(13-18)25-23(35)10-19(11-24(25)56-33(43,44)45)30(36,31(37,38)39)32(40,41)42/h3,6,9-13,16,20H,1-2,4-5,7-8,15H2,(H,51,52)/t16-,20-. The van der Waals surface area contributed by atoms with Crippen molar-refractivity contribution in [2.75, 3.05) is 6.73 Å². The first-order valence-corrected chi connectivity index (χ1v) is 16.7. The molecule has 5 rings (SSSR count). The fraction of sp³-hybridized carbons (Fsp3) is 0.424. The van der Waals surface area contributed by atoms with E-state index in [4.69, 9.17) is 37.8 Å². The molecule has 11 nitrogen and oxygen atoms in total. The van der Waals surface area contributed by atoms with E-state index in [1.165, 1.54) is 12.1 Å². The fourth-order valence-electron chi connectivity index (χ4n) is 5.95. The molecule has 1 N–H and O–H groups in total. The summed E-state index contributed by atoms with van der Waals surface area (Å²) in [5.41, 5.74) is -11.3. The first-order valence-electron chi connectivity index (χ1n) is 16.0.